The lowest BCUT2D eigenvalue weighted by molar-refractivity contribution is 0.0497. The van der Waals surface area contributed by atoms with Crippen molar-refractivity contribution in [3.63, 3.8) is 0 Å². The Hall–Kier alpha value is -0.280. The Kier molecular flexibility index (Phi) is 5.74. The second-order valence-corrected chi connectivity index (χ2v) is 6.86. The van der Waals surface area contributed by atoms with E-state index in [4.69, 9.17) is 27.9 Å². The van der Waals surface area contributed by atoms with Crippen molar-refractivity contribution in [2.75, 3.05) is 26.3 Å². The van der Waals surface area contributed by atoms with Crippen LogP contribution in [-0.2, 0) is 10.2 Å². The standard InChI is InChI=1S/C16H23Cl2NO/c1-12(2)10-19-11-16(5-7-20-8-6-16)13-3-4-14(17)15(18)9-13/h3-4,9,12,19H,5-8,10-11H2,1-2H3. The van der Waals surface area contributed by atoms with E-state index in [1.54, 1.807) is 0 Å². The van der Waals surface area contributed by atoms with Crippen LogP contribution < -0.4 is 5.32 Å². The molecule has 0 saturated carbocycles. The van der Waals surface area contributed by atoms with Crippen molar-refractivity contribution in [1.29, 1.82) is 0 Å². The number of hydrogen-bond acceptors (Lipinski definition) is 2. The van der Waals surface area contributed by atoms with E-state index < -0.39 is 0 Å². The van der Waals surface area contributed by atoms with Crippen molar-refractivity contribution in [3.05, 3.63) is 33.8 Å². The predicted molar refractivity (Wildman–Crippen MR) is 85.9 cm³/mol. The van der Waals surface area contributed by atoms with Crippen molar-refractivity contribution < 1.29 is 4.74 Å². The van der Waals surface area contributed by atoms with Gasteiger partial charge in [0.1, 0.15) is 0 Å². The van der Waals surface area contributed by atoms with Crippen LogP contribution in [0.2, 0.25) is 10.0 Å². The van der Waals surface area contributed by atoms with Crippen molar-refractivity contribution in [3.8, 4) is 0 Å². The molecule has 20 heavy (non-hydrogen) atoms. The molecule has 0 amide bonds. The fourth-order valence-electron chi connectivity index (χ4n) is 2.76. The largest absolute Gasteiger partial charge is 0.381 e. The van der Waals surface area contributed by atoms with Gasteiger partial charge in [-0.1, -0.05) is 43.1 Å². The molecule has 1 aliphatic heterocycles. The van der Waals surface area contributed by atoms with E-state index in [0.29, 0.717) is 16.0 Å². The average Bonchev–Trinajstić information content (AvgIpc) is 2.42. The van der Waals surface area contributed by atoms with Crippen LogP contribution in [0.15, 0.2) is 18.2 Å². The molecule has 0 atom stereocenters. The van der Waals surface area contributed by atoms with Crippen LogP contribution in [0.1, 0.15) is 32.3 Å². The molecule has 4 heteroatoms. The summed E-state index contributed by atoms with van der Waals surface area (Å²) < 4.78 is 5.54. The summed E-state index contributed by atoms with van der Waals surface area (Å²) in [6.45, 7) is 8.06. The predicted octanol–water partition coefficient (Wildman–Crippen LogP) is 4.29. The molecule has 0 unspecified atom stereocenters. The van der Waals surface area contributed by atoms with Crippen molar-refractivity contribution in [2.45, 2.75) is 32.1 Å². The topological polar surface area (TPSA) is 21.3 Å². The van der Waals surface area contributed by atoms with Crippen LogP contribution in [0.4, 0.5) is 0 Å². The molecule has 0 aliphatic carbocycles. The first-order valence-electron chi connectivity index (χ1n) is 7.27. The summed E-state index contributed by atoms with van der Waals surface area (Å²) >= 11 is 12.2. The quantitative estimate of drug-likeness (QED) is 0.875. The number of rotatable bonds is 5. The first-order chi connectivity index (χ1) is 9.53. The number of ether oxygens (including phenoxy) is 1. The van der Waals surface area contributed by atoms with E-state index in [1.165, 1.54) is 5.56 Å². The molecular weight excluding hydrogens is 293 g/mol. The van der Waals surface area contributed by atoms with Crippen molar-refractivity contribution in [2.24, 2.45) is 5.92 Å². The van der Waals surface area contributed by atoms with Gasteiger partial charge in [0.25, 0.3) is 0 Å². The summed E-state index contributed by atoms with van der Waals surface area (Å²) in [6, 6.07) is 6.03. The van der Waals surface area contributed by atoms with E-state index in [-0.39, 0.29) is 5.41 Å². The van der Waals surface area contributed by atoms with Gasteiger partial charge in [0.2, 0.25) is 0 Å². The van der Waals surface area contributed by atoms with Crippen LogP contribution in [0.5, 0.6) is 0 Å². The zero-order chi connectivity index (χ0) is 14.6. The van der Waals surface area contributed by atoms with Crippen LogP contribution in [0.3, 0.4) is 0 Å². The monoisotopic (exact) mass is 315 g/mol. The van der Waals surface area contributed by atoms with Gasteiger partial charge in [-0.05, 0) is 43.0 Å². The lowest BCUT2D eigenvalue weighted by Gasteiger charge is -2.38. The molecule has 1 aromatic rings. The Labute approximate surface area is 131 Å². The first-order valence-corrected chi connectivity index (χ1v) is 8.03. The highest BCUT2D eigenvalue weighted by atomic mass is 35.5. The molecule has 0 radical (unpaired) electrons. The third-order valence-electron chi connectivity index (χ3n) is 4.00. The Morgan fingerprint density at radius 3 is 2.50 bits per heavy atom. The molecule has 1 aliphatic rings. The molecular formula is C16H23Cl2NO. The lowest BCUT2D eigenvalue weighted by atomic mass is 9.74. The maximum Gasteiger partial charge on any atom is 0.0595 e. The molecule has 1 aromatic carbocycles. The van der Waals surface area contributed by atoms with Gasteiger partial charge in [-0.2, -0.15) is 0 Å². The maximum atomic E-state index is 6.20. The Morgan fingerprint density at radius 2 is 1.90 bits per heavy atom. The van der Waals surface area contributed by atoms with E-state index >= 15 is 0 Å². The van der Waals surface area contributed by atoms with Crippen molar-refractivity contribution in [1.82, 2.24) is 5.32 Å². The molecule has 2 nitrogen and oxygen atoms in total. The first kappa shape index (κ1) is 16.1. The maximum absolute atomic E-state index is 6.20. The van der Waals surface area contributed by atoms with Crippen LogP contribution in [-0.4, -0.2) is 26.3 Å². The van der Waals surface area contributed by atoms with Gasteiger partial charge < -0.3 is 10.1 Å². The van der Waals surface area contributed by atoms with Crippen LogP contribution in [0.25, 0.3) is 0 Å². The zero-order valence-electron chi connectivity index (χ0n) is 12.2. The fraction of sp³-hybridized carbons (Fsp3) is 0.625. The molecule has 0 bridgehead atoms. The molecule has 1 N–H and O–H groups in total. The summed E-state index contributed by atoms with van der Waals surface area (Å²) in [5.41, 5.74) is 1.38. The number of halogens is 2. The molecule has 0 spiro atoms. The van der Waals surface area contributed by atoms with Gasteiger partial charge in [-0.3, -0.25) is 0 Å². The van der Waals surface area contributed by atoms with Gasteiger partial charge in [0.15, 0.2) is 0 Å². The van der Waals surface area contributed by atoms with Crippen LogP contribution >= 0.6 is 23.2 Å². The Balaban J connectivity index is 2.19. The lowest BCUT2D eigenvalue weighted by Crippen LogP contribution is -2.43. The summed E-state index contributed by atoms with van der Waals surface area (Å²) in [5.74, 6) is 0.653. The molecule has 1 saturated heterocycles. The summed E-state index contributed by atoms with van der Waals surface area (Å²) in [6.07, 6.45) is 2.05. The van der Waals surface area contributed by atoms with E-state index in [2.05, 4.69) is 25.2 Å². The third kappa shape index (κ3) is 3.88. The van der Waals surface area contributed by atoms with Crippen molar-refractivity contribution >= 4 is 23.2 Å². The highest BCUT2D eigenvalue weighted by Gasteiger charge is 2.34. The van der Waals surface area contributed by atoms with Gasteiger partial charge in [0, 0.05) is 25.2 Å². The molecule has 2 rings (SSSR count). The average molecular weight is 316 g/mol. The van der Waals surface area contributed by atoms with E-state index in [9.17, 15) is 0 Å². The minimum atomic E-state index is 0.112. The number of hydrogen-bond donors (Lipinski definition) is 1. The normalized spacial score (nSPS) is 18.4. The Bertz CT molecular complexity index is 442. The third-order valence-corrected chi connectivity index (χ3v) is 4.74. The SMILES string of the molecule is CC(C)CNCC1(c2ccc(Cl)c(Cl)c2)CCOCC1. The van der Waals surface area contributed by atoms with Gasteiger partial charge >= 0.3 is 0 Å². The molecule has 112 valence electrons. The minimum absolute atomic E-state index is 0.112. The van der Waals surface area contributed by atoms with E-state index in [1.807, 2.05) is 12.1 Å². The highest BCUT2D eigenvalue weighted by Crippen LogP contribution is 2.37. The Morgan fingerprint density at radius 1 is 1.20 bits per heavy atom. The van der Waals surface area contributed by atoms with Gasteiger partial charge in [0.05, 0.1) is 10.0 Å². The smallest absolute Gasteiger partial charge is 0.0595 e. The summed E-state index contributed by atoms with van der Waals surface area (Å²) in [7, 11) is 0. The number of nitrogens with one attached hydrogen (secondary N) is 1. The second kappa shape index (κ2) is 7.13. The zero-order valence-corrected chi connectivity index (χ0v) is 13.7. The minimum Gasteiger partial charge on any atom is -0.381 e. The summed E-state index contributed by atoms with van der Waals surface area (Å²) in [4.78, 5) is 0. The number of benzene rings is 1. The van der Waals surface area contributed by atoms with Gasteiger partial charge in [-0.15, -0.1) is 0 Å². The molecule has 1 fully saturated rings. The van der Waals surface area contributed by atoms with Gasteiger partial charge in [-0.25, -0.2) is 0 Å². The second-order valence-electron chi connectivity index (χ2n) is 6.05. The van der Waals surface area contributed by atoms with Crippen LogP contribution in [0, 0.1) is 5.92 Å². The summed E-state index contributed by atoms with van der Waals surface area (Å²) in [5, 5.41) is 4.85. The highest BCUT2D eigenvalue weighted by molar-refractivity contribution is 6.42. The fourth-order valence-corrected chi connectivity index (χ4v) is 3.05. The molecule has 1 heterocycles. The van der Waals surface area contributed by atoms with E-state index in [0.717, 1.165) is 39.1 Å². The molecule has 0 aromatic heterocycles.